The first kappa shape index (κ1) is 11.1. The van der Waals surface area contributed by atoms with Crippen LogP contribution in [0.15, 0.2) is 35.7 Å². The second kappa shape index (κ2) is 4.61. The van der Waals surface area contributed by atoms with Gasteiger partial charge in [-0.2, -0.15) is 10.5 Å². The van der Waals surface area contributed by atoms with Crippen molar-refractivity contribution in [2.75, 3.05) is 0 Å². The lowest BCUT2D eigenvalue weighted by atomic mass is 10.0. The van der Waals surface area contributed by atoms with Gasteiger partial charge in [-0.3, -0.25) is 4.79 Å². The maximum Gasteiger partial charge on any atom is 0.196 e. The van der Waals surface area contributed by atoms with Gasteiger partial charge in [0.1, 0.15) is 17.0 Å². The molecule has 0 aliphatic carbocycles. The number of ketones is 1. The molecule has 0 saturated heterocycles. The molecule has 1 aromatic carbocycles. The lowest BCUT2D eigenvalue weighted by molar-refractivity contribution is 0.103. The van der Waals surface area contributed by atoms with Crippen molar-refractivity contribution < 1.29 is 4.79 Å². The Morgan fingerprint density at radius 3 is 2.41 bits per heavy atom. The Bertz CT molecular complexity index is 613. The molecule has 0 spiro atoms. The molecule has 4 heteroatoms. The van der Waals surface area contributed by atoms with Crippen LogP contribution in [0.4, 0.5) is 0 Å². The van der Waals surface area contributed by atoms with Crippen molar-refractivity contribution in [1.82, 2.24) is 0 Å². The largest absolute Gasteiger partial charge is 0.288 e. The molecule has 1 heterocycles. The van der Waals surface area contributed by atoms with E-state index in [1.165, 1.54) is 5.38 Å². The van der Waals surface area contributed by atoms with Gasteiger partial charge in [-0.05, 0) is 0 Å². The molecule has 0 unspecified atom stereocenters. The summed E-state index contributed by atoms with van der Waals surface area (Å²) in [4.78, 5) is 12.5. The second-order valence-corrected chi connectivity index (χ2v) is 4.15. The van der Waals surface area contributed by atoms with Gasteiger partial charge in [-0.15, -0.1) is 11.3 Å². The molecule has 0 fully saturated rings. The molecule has 80 valence electrons. The minimum Gasteiger partial charge on any atom is -0.288 e. The van der Waals surface area contributed by atoms with Gasteiger partial charge >= 0.3 is 0 Å². The SMILES string of the molecule is N#Cc1csc(C#N)c1C(=O)c1ccccc1. The predicted molar refractivity (Wildman–Crippen MR) is 63.6 cm³/mol. The van der Waals surface area contributed by atoms with Gasteiger partial charge in [0.05, 0.1) is 11.1 Å². The molecule has 0 atom stereocenters. The molecule has 0 aliphatic heterocycles. The van der Waals surface area contributed by atoms with Crippen LogP contribution in [0.2, 0.25) is 0 Å². The highest BCUT2D eigenvalue weighted by molar-refractivity contribution is 7.11. The Morgan fingerprint density at radius 1 is 1.12 bits per heavy atom. The Balaban J connectivity index is 2.56. The van der Waals surface area contributed by atoms with E-state index in [2.05, 4.69) is 0 Å². The van der Waals surface area contributed by atoms with Crippen molar-refractivity contribution in [2.45, 2.75) is 0 Å². The lowest BCUT2D eigenvalue weighted by Gasteiger charge is -1.99. The fourth-order valence-electron chi connectivity index (χ4n) is 1.48. The van der Waals surface area contributed by atoms with E-state index in [0.29, 0.717) is 5.56 Å². The topological polar surface area (TPSA) is 64.7 Å². The van der Waals surface area contributed by atoms with E-state index in [1.54, 1.807) is 30.3 Å². The average molecular weight is 238 g/mol. The smallest absolute Gasteiger partial charge is 0.196 e. The van der Waals surface area contributed by atoms with E-state index in [-0.39, 0.29) is 21.8 Å². The predicted octanol–water partition coefficient (Wildman–Crippen LogP) is 2.72. The summed E-state index contributed by atoms with van der Waals surface area (Å²) in [5, 5.41) is 19.4. The van der Waals surface area contributed by atoms with Crippen LogP contribution in [0.5, 0.6) is 0 Å². The molecule has 1 aromatic heterocycles. The number of benzene rings is 1. The summed E-state index contributed by atoms with van der Waals surface area (Å²) in [5.74, 6) is -0.278. The highest BCUT2D eigenvalue weighted by atomic mass is 32.1. The van der Waals surface area contributed by atoms with Crippen molar-refractivity contribution in [3.05, 3.63) is 57.3 Å². The number of hydrogen-bond donors (Lipinski definition) is 0. The Hall–Kier alpha value is -2.43. The molecular formula is C13H6N2OS. The standard InChI is InChI=1S/C13H6N2OS/c14-6-10-8-17-11(7-15)12(10)13(16)9-4-2-1-3-5-9/h1-5,8H. The van der Waals surface area contributed by atoms with Crippen molar-refractivity contribution in [3.8, 4) is 12.1 Å². The molecule has 2 aromatic rings. The zero-order valence-electron chi connectivity index (χ0n) is 8.68. The molecule has 0 saturated carbocycles. The van der Waals surface area contributed by atoms with Gasteiger partial charge in [-0.25, -0.2) is 0 Å². The maximum absolute atomic E-state index is 12.2. The average Bonchev–Trinajstić information content (AvgIpc) is 2.81. The van der Waals surface area contributed by atoms with Gasteiger partial charge in [0.15, 0.2) is 5.78 Å². The molecule has 0 amide bonds. The van der Waals surface area contributed by atoms with Crippen LogP contribution in [0, 0.1) is 22.7 Å². The van der Waals surface area contributed by atoms with E-state index in [1.807, 2.05) is 12.1 Å². The number of rotatable bonds is 2. The third-order valence-electron chi connectivity index (χ3n) is 2.28. The fraction of sp³-hybridized carbons (Fsp3) is 0. The lowest BCUT2D eigenvalue weighted by Crippen LogP contribution is -2.03. The van der Waals surface area contributed by atoms with Crippen molar-refractivity contribution >= 4 is 17.1 Å². The summed E-state index contributed by atoms with van der Waals surface area (Å²) >= 11 is 1.12. The third kappa shape index (κ3) is 1.94. The highest BCUT2D eigenvalue weighted by Gasteiger charge is 2.19. The van der Waals surface area contributed by atoms with Crippen LogP contribution in [0.3, 0.4) is 0 Å². The van der Waals surface area contributed by atoms with Crippen molar-refractivity contribution in [1.29, 1.82) is 10.5 Å². The molecule has 0 aliphatic rings. The van der Waals surface area contributed by atoms with Crippen LogP contribution in [0.25, 0.3) is 0 Å². The number of carbonyl (C=O) groups is 1. The highest BCUT2D eigenvalue weighted by Crippen LogP contribution is 2.24. The van der Waals surface area contributed by atoms with Crippen LogP contribution in [-0.2, 0) is 0 Å². The zero-order valence-corrected chi connectivity index (χ0v) is 9.49. The Labute approximate surface area is 102 Å². The number of carbonyl (C=O) groups excluding carboxylic acids is 1. The first-order valence-corrected chi connectivity index (χ1v) is 5.67. The van der Waals surface area contributed by atoms with Gasteiger partial charge in [0.2, 0.25) is 0 Å². The number of nitrogens with zero attached hydrogens (tertiary/aromatic N) is 2. The normalized spacial score (nSPS) is 9.29. The summed E-state index contributed by atoms with van der Waals surface area (Å²) in [7, 11) is 0. The van der Waals surface area contributed by atoms with Crippen LogP contribution < -0.4 is 0 Å². The summed E-state index contributed by atoms with van der Waals surface area (Å²) in [5.41, 5.74) is 0.963. The Morgan fingerprint density at radius 2 is 1.82 bits per heavy atom. The number of thiophene rings is 1. The van der Waals surface area contributed by atoms with Gasteiger partial charge in [0, 0.05) is 10.9 Å². The molecule has 2 rings (SSSR count). The number of nitriles is 2. The van der Waals surface area contributed by atoms with Crippen LogP contribution in [-0.4, -0.2) is 5.78 Å². The third-order valence-corrected chi connectivity index (χ3v) is 3.16. The summed E-state index contributed by atoms with van der Waals surface area (Å²) in [6.45, 7) is 0. The monoisotopic (exact) mass is 238 g/mol. The van der Waals surface area contributed by atoms with Crippen molar-refractivity contribution in [2.24, 2.45) is 0 Å². The fourth-order valence-corrected chi connectivity index (χ4v) is 2.26. The summed E-state index contributed by atoms with van der Waals surface area (Å²) < 4.78 is 0. The van der Waals surface area contributed by atoms with Gasteiger partial charge in [-0.1, -0.05) is 30.3 Å². The summed E-state index contributed by atoms with van der Waals surface area (Å²) in [6.07, 6.45) is 0. The quantitative estimate of drug-likeness (QED) is 0.755. The second-order valence-electron chi connectivity index (χ2n) is 3.27. The first-order valence-electron chi connectivity index (χ1n) is 4.79. The van der Waals surface area contributed by atoms with Crippen LogP contribution >= 0.6 is 11.3 Å². The van der Waals surface area contributed by atoms with E-state index in [9.17, 15) is 4.79 Å². The minimum absolute atomic E-state index is 0.214. The van der Waals surface area contributed by atoms with E-state index < -0.39 is 0 Å². The summed E-state index contributed by atoms with van der Waals surface area (Å²) in [6, 6.07) is 12.5. The maximum atomic E-state index is 12.2. The van der Waals surface area contributed by atoms with E-state index in [0.717, 1.165) is 11.3 Å². The molecule has 0 N–H and O–H groups in total. The molecular weight excluding hydrogens is 232 g/mol. The minimum atomic E-state index is -0.278. The molecule has 0 bridgehead atoms. The van der Waals surface area contributed by atoms with E-state index >= 15 is 0 Å². The number of hydrogen-bond acceptors (Lipinski definition) is 4. The molecule has 0 radical (unpaired) electrons. The van der Waals surface area contributed by atoms with Gasteiger partial charge < -0.3 is 0 Å². The molecule has 3 nitrogen and oxygen atoms in total. The van der Waals surface area contributed by atoms with Crippen LogP contribution in [0.1, 0.15) is 26.4 Å². The van der Waals surface area contributed by atoms with Crippen molar-refractivity contribution in [3.63, 3.8) is 0 Å². The zero-order chi connectivity index (χ0) is 12.3. The van der Waals surface area contributed by atoms with Gasteiger partial charge in [0.25, 0.3) is 0 Å². The Kier molecular flexibility index (Phi) is 3.00. The molecule has 17 heavy (non-hydrogen) atoms. The first-order chi connectivity index (χ1) is 8.27. The van der Waals surface area contributed by atoms with E-state index in [4.69, 9.17) is 10.5 Å².